The lowest BCUT2D eigenvalue weighted by Crippen LogP contribution is -2.49. The standard InChI is InChI=1S/C27H37N3O3/c1-4-33-24-14-12-21(13-15-24)26(31)29-25(20(2)3)27(32)28-18-22-10-6-7-11-23(22)19-30-16-8-5-9-17-30/h6-7,10-15,20,25H,4-5,8-9,16-19H2,1-3H3,(H,28,32)(H,29,31)/t25-/m0/s1. The van der Waals surface area contributed by atoms with Gasteiger partial charge >= 0.3 is 0 Å². The summed E-state index contributed by atoms with van der Waals surface area (Å²) in [6.07, 6.45) is 3.82. The fraction of sp³-hybridized carbons (Fsp3) is 0.481. The average Bonchev–Trinajstić information content (AvgIpc) is 2.83. The van der Waals surface area contributed by atoms with Gasteiger partial charge in [-0.25, -0.2) is 0 Å². The topological polar surface area (TPSA) is 70.7 Å². The van der Waals surface area contributed by atoms with E-state index in [0.29, 0.717) is 18.7 Å². The van der Waals surface area contributed by atoms with Gasteiger partial charge in [0.1, 0.15) is 11.8 Å². The number of hydrogen-bond donors (Lipinski definition) is 2. The summed E-state index contributed by atoms with van der Waals surface area (Å²) < 4.78 is 5.43. The quantitative estimate of drug-likeness (QED) is 0.570. The van der Waals surface area contributed by atoms with Crippen LogP contribution in [-0.2, 0) is 17.9 Å². The van der Waals surface area contributed by atoms with E-state index >= 15 is 0 Å². The van der Waals surface area contributed by atoms with E-state index in [2.05, 4.69) is 33.7 Å². The second kappa shape index (κ2) is 12.4. The van der Waals surface area contributed by atoms with Crippen LogP contribution in [-0.4, -0.2) is 42.5 Å². The summed E-state index contributed by atoms with van der Waals surface area (Å²) in [7, 11) is 0. The Morgan fingerprint density at radius 3 is 2.27 bits per heavy atom. The lowest BCUT2D eigenvalue weighted by molar-refractivity contribution is -0.124. The number of ether oxygens (including phenoxy) is 1. The molecule has 2 N–H and O–H groups in total. The predicted octanol–water partition coefficient (Wildman–Crippen LogP) is 4.14. The summed E-state index contributed by atoms with van der Waals surface area (Å²) in [6.45, 7) is 9.99. The van der Waals surface area contributed by atoms with Gasteiger partial charge in [0.15, 0.2) is 0 Å². The highest BCUT2D eigenvalue weighted by Crippen LogP contribution is 2.17. The molecule has 1 heterocycles. The van der Waals surface area contributed by atoms with Gasteiger partial charge in [-0.1, -0.05) is 44.5 Å². The lowest BCUT2D eigenvalue weighted by atomic mass is 10.0. The molecule has 1 aliphatic rings. The van der Waals surface area contributed by atoms with Gasteiger partial charge in [0.2, 0.25) is 5.91 Å². The summed E-state index contributed by atoms with van der Waals surface area (Å²) in [5.41, 5.74) is 2.87. The molecule has 0 aliphatic carbocycles. The number of nitrogens with zero attached hydrogens (tertiary/aromatic N) is 1. The molecule has 6 nitrogen and oxygen atoms in total. The van der Waals surface area contributed by atoms with Crippen molar-refractivity contribution in [2.75, 3.05) is 19.7 Å². The Kier molecular flexibility index (Phi) is 9.31. The zero-order chi connectivity index (χ0) is 23.6. The maximum atomic E-state index is 13.0. The molecule has 1 aliphatic heterocycles. The maximum absolute atomic E-state index is 13.0. The molecule has 2 aromatic rings. The van der Waals surface area contributed by atoms with Crippen LogP contribution in [0.3, 0.4) is 0 Å². The first-order valence-corrected chi connectivity index (χ1v) is 12.1. The van der Waals surface area contributed by atoms with Gasteiger partial charge in [-0.05, 0) is 74.2 Å². The summed E-state index contributed by atoms with van der Waals surface area (Å²) in [5.74, 6) is 0.241. The van der Waals surface area contributed by atoms with Gasteiger partial charge in [-0.15, -0.1) is 0 Å². The SMILES string of the molecule is CCOc1ccc(C(=O)N[C@H](C(=O)NCc2ccccc2CN2CCCCC2)C(C)C)cc1. The highest BCUT2D eigenvalue weighted by atomic mass is 16.5. The minimum absolute atomic E-state index is 0.0414. The number of piperidine rings is 1. The number of hydrogen-bond acceptors (Lipinski definition) is 4. The van der Waals surface area contributed by atoms with Crippen LogP contribution in [0.25, 0.3) is 0 Å². The molecule has 0 unspecified atom stereocenters. The van der Waals surface area contributed by atoms with E-state index in [9.17, 15) is 9.59 Å². The largest absolute Gasteiger partial charge is 0.494 e. The van der Waals surface area contributed by atoms with Crippen molar-refractivity contribution in [2.24, 2.45) is 5.92 Å². The number of amides is 2. The number of benzene rings is 2. The first-order chi connectivity index (χ1) is 16.0. The van der Waals surface area contributed by atoms with Crippen molar-refractivity contribution in [3.05, 3.63) is 65.2 Å². The molecule has 0 spiro atoms. The molecule has 6 heteroatoms. The van der Waals surface area contributed by atoms with Crippen molar-refractivity contribution >= 4 is 11.8 Å². The number of nitrogens with one attached hydrogen (secondary N) is 2. The van der Waals surface area contributed by atoms with Crippen LogP contribution in [0.1, 0.15) is 61.5 Å². The molecule has 2 amide bonds. The van der Waals surface area contributed by atoms with Gasteiger partial charge in [0, 0.05) is 18.7 Å². The zero-order valence-corrected chi connectivity index (χ0v) is 20.1. The summed E-state index contributed by atoms with van der Waals surface area (Å²) >= 11 is 0. The molecule has 0 bridgehead atoms. The maximum Gasteiger partial charge on any atom is 0.251 e. The molecular weight excluding hydrogens is 414 g/mol. The van der Waals surface area contributed by atoms with E-state index in [1.165, 1.54) is 24.8 Å². The lowest BCUT2D eigenvalue weighted by Gasteiger charge is -2.27. The van der Waals surface area contributed by atoms with Crippen LogP contribution >= 0.6 is 0 Å². The highest BCUT2D eigenvalue weighted by Gasteiger charge is 2.25. The molecule has 0 aromatic heterocycles. The molecule has 0 saturated carbocycles. The smallest absolute Gasteiger partial charge is 0.251 e. The monoisotopic (exact) mass is 451 g/mol. The fourth-order valence-electron chi connectivity index (χ4n) is 4.16. The molecule has 0 radical (unpaired) electrons. The molecular formula is C27H37N3O3. The van der Waals surface area contributed by atoms with Gasteiger partial charge in [0.05, 0.1) is 6.61 Å². The molecule has 178 valence electrons. The van der Waals surface area contributed by atoms with Gasteiger partial charge < -0.3 is 15.4 Å². The molecule has 1 atom stereocenters. The van der Waals surface area contributed by atoms with E-state index in [1.54, 1.807) is 24.3 Å². The van der Waals surface area contributed by atoms with E-state index in [0.717, 1.165) is 30.9 Å². The fourth-order valence-corrected chi connectivity index (χ4v) is 4.16. The minimum atomic E-state index is -0.613. The Morgan fingerprint density at radius 1 is 0.970 bits per heavy atom. The van der Waals surface area contributed by atoms with Crippen LogP contribution < -0.4 is 15.4 Å². The Morgan fingerprint density at radius 2 is 1.64 bits per heavy atom. The zero-order valence-electron chi connectivity index (χ0n) is 20.1. The summed E-state index contributed by atoms with van der Waals surface area (Å²) in [6, 6.07) is 14.6. The minimum Gasteiger partial charge on any atom is -0.494 e. The van der Waals surface area contributed by atoms with E-state index in [-0.39, 0.29) is 17.7 Å². The first-order valence-electron chi connectivity index (χ1n) is 12.1. The molecule has 33 heavy (non-hydrogen) atoms. The molecule has 3 rings (SSSR count). The van der Waals surface area contributed by atoms with Gasteiger partial charge in [-0.2, -0.15) is 0 Å². The normalized spacial score (nSPS) is 15.2. The van der Waals surface area contributed by atoms with Crippen molar-refractivity contribution < 1.29 is 14.3 Å². The Labute approximate surface area is 197 Å². The van der Waals surface area contributed by atoms with Crippen LogP contribution in [0.5, 0.6) is 5.75 Å². The van der Waals surface area contributed by atoms with E-state index in [1.807, 2.05) is 26.8 Å². The third kappa shape index (κ3) is 7.32. The summed E-state index contributed by atoms with van der Waals surface area (Å²) in [4.78, 5) is 28.2. The van der Waals surface area contributed by atoms with Crippen molar-refractivity contribution in [3.63, 3.8) is 0 Å². The van der Waals surface area contributed by atoms with Crippen LogP contribution in [0, 0.1) is 5.92 Å². The molecule has 1 fully saturated rings. The second-order valence-electron chi connectivity index (χ2n) is 8.98. The third-order valence-electron chi connectivity index (χ3n) is 6.08. The van der Waals surface area contributed by atoms with E-state index in [4.69, 9.17) is 4.74 Å². The average molecular weight is 452 g/mol. The van der Waals surface area contributed by atoms with Crippen molar-refractivity contribution in [2.45, 2.75) is 59.2 Å². The third-order valence-corrected chi connectivity index (χ3v) is 6.08. The van der Waals surface area contributed by atoms with Crippen LogP contribution in [0.2, 0.25) is 0 Å². The van der Waals surface area contributed by atoms with Gasteiger partial charge in [-0.3, -0.25) is 14.5 Å². The number of likely N-dealkylation sites (tertiary alicyclic amines) is 1. The van der Waals surface area contributed by atoms with E-state index < -0.39 is 6.04 Å². The van der Waals surface area contributed by atoms with Crippen molar-refractivity contribution in [1.29, 1.82) is 0 Å². The Balaban J connectivity index is 1.60. The predicted molar refractivity (Wildman–Crippen MR) is 131 cm³/mol. The molecule has 1 saturated heterocycles. The second-order valence-corrected chi connectivity index (χ2v) is 8.98. The first kappa shape index (κ1) is 24.8. The summed E-state index contributed by atoms with van der Waals surface area (Å²) in [5, 5.41) is 5.95. The van der Waals surface area contributed by atoms with Gasteiger partial charge in [0.25, 0.3) is 5.91 Å². The molecule has 2 aromatic carbocycles. The Hall–Kier alpha value is -2.86. The Bertz CT molecular complexity index is 905. The number of carbonyl (C=O) groups excluding carboxylic acids is 2. The highest BCUT2D eigenvalue weighted by molar-refractivity contribution is 5.97. The van der Waals surface area contributed by atoms with Crippen LogP contribution in [0.15, 0.2) is 48.5 Å². The number of rotatable bonds is 10. The van der Waals surface area contributed by atoms with Crippen molar-refractivity contribution in [3.8, 4) is 5.75 Å². The van der Waals surface area contributed by atoms with Crippen LogP contribution in [0.4, 0.5) is 0 Å². The van der Waals surface area contributed by atoms with Crippen molar-refractivity contribution in [1.82, 2.24) is 15.5 Å². The number of carbonyl (C=O) groups is 2.